The topological polar surface area (TPSA) is 92.8 Å². The molecule has 0 heterocycles. The maximum atomic E-state index is 13.1. The summed E-state index contributed by atoms with van der Waals surface area (Å²) in [5.74, 6) is -2.20. The zero-order valence-corrected chi connectivity index (χ0v) is 16.9. The maximum Gasteiger partial charge on any atom is 0.405 e. The molecular formula is C20H19F3N2O5S. The number of anilines is 1. The van der Waals surface area contributed by atoms with Gasteiger partial charge in [-0.25, -0.2) is 13.2 Å². The molecule has 0 saturated carbocycles. The van der Waals surface area contributed by atoms with Crippen LogP contribution in [0.5, 0.6) is 0 Å². The summed E-state index contributed by atoms with van der Waals surface area (Å²) in [6.07, 6.45) is -3.19. The van der Waals surface area contributed by atoms with Gasteiger partial charge in [0.05, 0.1) is 22.7 Å². The van der Waals surface area contributed by atoms with Crippen molar-refractivity contribution in [3.63, 3.8) is 0 Å². The van der Waals surface area contributed by atoms with Crippen LogP contribution in [0.25, 0.3) is 0 Å². The molecule has 0 bridgehead atoms. The van der Waals surface area contributed by atoms with Gasteiger partial charge in [0.2, 0.25) is 0 Å². The van der Waals surface area contributed by atoms with E-state index in [-0.39, 0.29) is 17.0 Å². The fourth-order valence-electron chi connectivity index (χ4n) is 2.43. The minimum atomic E-state index is -4.60. The molecule has 7 nitrogen and oxygen atoms in total. The third kappa shape index (κ3) is 6.85. The predicted octanol–water partition coefficient (Wildman–Crippen LogP) is 2.90. The summed E-state index contributed by atoms with van der Waals surface area (Å²) >= 11 is 0. The zero-order valence-electron chi connectivity index (χ0n) is 16.1. The SMILES string of the molecule is C=CCN(c1ccccc1)S(=O)(=O)c1cccc(C(=O)OCC(=O)NCC(F)(F)F)c1. The Hall–Kier alpha value is -3.34. The molecule has 31 heavy (non-hydrogen) atoms. The summed E-state index contributed by atoms with van der Waals surface area (Å²) in [5, 5.41) is 1.56. The first-order chi connectivity index (χ1) is 14.5. The number of alkyl halides is 3. The summed E-state index contributed by atoms with van der Waals surface area (Å²) in [6, 6.07) is 13.2. The van der Waals surface area contributed by atoms with Gasteiger partial charge in [0.25, 0.3) is 15.9 Å². The fraction of sp³-hybridized carbons (Fsp3) is 0.200. The molecule has 0 unspecified atom stereocenters. The standard InChI is InChI=1S/C20H19F3N2O5S/c1-2-11-25(16-8-4-3-5-9-16)31(28,29)17-10-6-7-15(12-17)19(27)30-13-18(26)24-14-20(21,22)23/h2-10,12H,1,11,13-14H2,(H,24,26). The molecule has 0 aliphatic heterocycles. The van der Waals surface area contributed by atoms with Crippen LogP contribution < -0.4 is 9.62 Å². The molecule has 0 aliphatic rings. The van der Waals surface area contributed by atoms with Crippen LogP contribution in [0.3, 0.4) is 0 Å². The second kappa shape index (κ2) is 10.1. The van der Waals surface area contributed by atoms with Crippen molar-refractivity contribution in [2.45, 2.75) is 11.1 Å². The Kier molecular flexibility index (Phi) is 7.81. The highest BCUT2D eigenvalue weighted by molar-refractivity contribution is 7.92. The van der Waals surface area contributed by atoms with Crippen LogP contribution in [0.15, 0.2) is 72.1 Å². The number of sulfonamides is 1. The Balaban J connectivity index is 2.17. The number of halogens is 3. The summed E-state index contributed by atoms with van der Waals surface area (Å²) in [4.78, 5) is 23.3. The van der Waals surface area contributed by atoms with Crippen molar-refractivity contribution in [3.8, 4) is 0 Å². The molecule has 2 aromatic rings. The van der Waals surface area contributed by atoms with E-state index in [1.807, 2.05) is 0 Å². The Bertz CT molecular complexity index is 1040. The molecule has 0 fully saturated rings. The van der Waals surface area contributed by atoms with E-state index in [1.54, 1.807) is 35.6 Å². The second-order valence-electron chi connectivity index (χ2n) is 6.16. The third-order valence-electron chi connectivity index (χ3n) is 3.82. The fourth-order valence-corrected chi connectivity index (χ4v) is 3.91. The van der Waals surface area contributed by atoms with Crippen LogP contribution in [0.1, 0.15) is 10.4 Å². The van der Waals surface area contributed by atoms with Gasteiger partial charge in [-0.2, -0.15) is 13.2 Å². The summed E-state index contributed by atoms with van der Waals surface area (Å²) < 4.78 is 68.2. The highest BCUT2D eigenvalue weighted by Crippen LogP contribution is 2.24. The van der Waals surface area contributed by atoms with Crippen LogP contribution >= 0.6 is 0 Å². The Morgan fingerprint density at radius 3 is 2.39 bits per heavy atom. The molecule has 0 aromatic heterocycles. The van der Waals surface area contributed by atoms with E-state index in [0.29, 0.717) is 5.69 Å². The minimum absolute atomic E-state index is 0.0274. The van der Waals surface area contributed by atoms with Crippen LogP contribution in [-0.4, -0.2) is 46.2 Å². The first kappa shape index (κ1) is 23.9. The van der Waals surface area contributed by atoms with Gasteiger partial charge in [-0.15, -0.1) is 6.58 Å². The number of esters is 1. The Morgan fingerprint density at radius 1 is 1.10 bits per heavy atom. The molecule has 2 aromatic carbocycles. The van der Waals surface area contributed by atoms with Crippen molar-refractivity contribution in [1.82, 2.24) is 5.32 Å². The number of carbonyl (C=O) groups excluding carboxylic acids is 2. The lowest BCUT2D eigenvalue weighted by Crippen LogP contribution is -2.36. The summed E-state index contributed by atoms with van der Waals surface area (Å²) in [6.45, 7) is 1.03. The highest BCUT2D eigenvalue weighted by Gasteiger charge is 2.28. The van der Waals surface area contributed by atoms with Gasteiger partial charge in [-0.3, -0.25) is 9.10 Å². The average molecular weight is 456 g/mol. The van der Waals surface area contributed by atoms with Gasteiger partial charge in [0.1, 0.15) is 6.54 Å². The first-order valence-electron chi connectivity index (χ1n) is 8.84. The van der Waals surface area contributed by atoms with E-state index >= 15 is 0 Å². The molecule has 166 valence electrons. The minimum Gasteiger partial charge on any atom is -0.452 e. The van der Waals surface area contributed by atoms with Crippen LogP contribution in [0.2, 0.25) is 0 Å². The molecule has 0 atom stereocenters. The van der Waals surface area contributed by atoms with E-state index in [0.717, 1.165) is 10.4 Å². The largest absolute Gasteiger partial charge is 0.452 e. The molecule has 0 spiro atoms. The van der Waals surface area contributed by atoms with Crippen molar-refractivity contribution in [2.24, 2.45) is 0 Å². The number of hydrogen-bond acceptors (Lipinski definition) is 5. The van der Waals surface area contributed by atoms with Crippen molar-refractivity contribution in [1.29, 1.82) is 0 Å². The quantitative estimate of drug-likeness (QED) is 0.463. The van der Waals surface area contributed by atoms with E-state index in [2.05, 4.69) is 11.3 Å². The molecule has 0 saturated heterocycles. The molecule has 0 radical (unpaired) electrons. The van der Waals surface area contributed by atoms with E-state index in [1.165, 1.54) is 24.3 Å². The maximum absolute atomic E-state index is 13.1. The van der Waals surface area contributed by atoms with Gasteiger partial charge in [-0.05, 0) is 30.3 Å². The molecule has 0 aliphatic carbocycles. The van der Waals surface area contributed by atoms with Crippen molar-refractivity contribution in [2.75, 3.05) is 24.0 Å². The van der Waals surface area contributed by atoms with Gasteiger partial charge in [0.15, 0.2) is 6.61 Å². The Labute approximate surface area is 177 Å². The van der Waals surface area contributed by atoms with Crippen molar-refractivity contribution >= 4 is 27.6 Å². The van der Waals surface area contributed by atoms with Crippen molar-refractivity contribution < 1.29 is 35.9 Å². The number of amides is 1. The number of para-hydroxylation sites is 1. The van der Waals surface area contributed by atoms with Crippen LogP contribution in [0, 0.1) is 0 Å². The van der Waals surface area contributed by atoms with E-state index in [9.17, 15) is 31.2 Å². The summed E-state index contributed by atoms with van der Waals surface area (Å²) in [7, 11) is -4.08. The van der Waals surface area contributed by atoms with Crippen molar-refractivity contribution in [3.05, 3.63) is 72.8 Å². The number of hydrogen-bond donors (Lipinski definition) is 1. The Morgan fingerprint density at radius 2 is 1.77 bits per heavy atom. The molecule has 1 N–H and O–H groups in total. The smallest absolute Gasteiger partial charge is 0.405 e. The predicted molar refractivity (Wildman–Crippen MR) is 107 cm³/mol. The van der Waals surface area contributed by atoms with Gasteiger partial charge in [0, 0.05) is 0 Å². The van der Waals surface area contributed by atoms with E-state index in [4.69, 9.17) is 0 Å². The number of nitrogens with one attached hydrogen (secondary N) is 1. The summed E-state index contributed by atoms with van der Waals surface area (Å²) in [5.41, 5.74) is 0.202. The van der Waals surface area contributed by atoms with Crippen LogP contribution in [-0.2, 0) is 19.6 Å². The monoisotopic (exact) mass is 456 g/mol. The lowest BCUT2D eigenvalue weighted by molar-refractivity contribution is -0.140. The molecule has 2 rings (SSSR count). The van der Waals surface area contributed by atoms with E-state index < -0.39 is 41.2 Å². The lowest BCUT2D eigenvalue weighted by atomic mass is 10.2. The normalized spacial score (nSPS) is 11.5. The van der Waals surface area contributed by atoms with Gasteiger partial charge >= 0.3 is 12.1 Å². The molecular weight excluding hydrogens is 437 g/mol. The lowest BCUT2D eigenvalue weighted by Gasteiger charge is -2.23. The molecule has 11 heteroatoms. The number of rotatable bonds is 9. The second-order valence-corrected chi connectivity index (χ2v) is 8.02. The number of ether oxygens (including phenoxy) is 1. The number of nitrogens with zero attached hydrogens (tertiary/aromatic N) is 1. The number of benzene rings is 2. The third-order valence-corrected chi connectivity index (χ3v) is 5.61. The first-order valence-corrected chi connectivity index (χ1v) is 10.3. The van der Waals surface area contributed by atoms with Gasteiger partial charge in [-0.1, -0.05) is 30.3 Å². The molecule has 1 amide bonds. The number of carbonyl (C=O) groups is 2. The van der Waals surface area contributed by atoms with Gasteiger partial charge < -0.3 is 10.1 Å². The van der Waals surface area contributed by atoms with Crippen LogP contribution in [0.4, 0.5) is 18.9 Å². The zero-order chi connectivity index (χ0) is 23.1. The average Bonchev–Trinajstić information content (AvgIpc) is 2.74. The highest BCUT2D eigenvalue weighted by atomic mass is 32.2.